The third kappa shape index (κ3) is 4.47. The monoisotopic (exact) mass is 429 g/mol. The molecule has 4 aromatic rings. The van der Waals surface area contributed by atoms with Crippen molar-refractivity contribution in [2.24, 2.45) is 0 Å². The van der Waals surface area contributed by atoms with E-state index in [0.717, 1.165) is 11.1 Å². The average Bonchev–Trinajstić information content (AvgIpc) is 3.30. The number of hydrogen-bond donors (Lipinski definition) is 2. The van der Waals surface area contributed by atoms with E-state index < -0.39 is 5.91 Å². The van der Waals surface area contributed by atoms with Gasteiger partial charge >= 0.3 is 0 Å². The minimum Gasteiger partial charge on any atom is -0.302 e. The number of aromatic amines is 1. The highest BCUT2D eigenvalue weighted by Gasteiger charge is 2.15. The minimum atomic E-state index is -0.435. The molecule has 0 saturated heterocycles. The first-order valence-corrected chi connectivity index (χ1v) is 9.33. The highest BCUT2D eigenvalue weighted by Crippen LogP contribution is 2.23. The van der Waals surface area contributed by atoms with Gasteiger partial charge in [0.1, 0.15) is 16.5 Å². The average molecular weight is 430 g/mol. The summed E-state index contributed by atoms with van der Waals surface area (Å²) in [6, 6.07) is 14.9. The Hall–Kier alpha value is -3.16. The molecule has 146 valence electrons. The van der Waals surface area contributed by atoms with Gasteiger partial charge in [-0.25, -0.2) is 4.39 Å². The third-order valence-corrected chi connectivity index (χ3v) is 4.67. The van der Waals surface area contributed by atoms with Gasteiger partial charge in [-0.3, -0.25) is 14.6 Å². The number of rotatable bonds is 5. The number of aromatic nitrogens is 4. The zero-order valence-electron chi connectivity index (χ0n) is 14.9. The first-order chi connectivity index (χ1) is 14.0. The number of nitrogens with zero attached hydrogens (tertiary/aromatic N) is 3. The third-order valence-electron chi connectivity index (χ3n) is 4.15. The lowest BCUT2D eigenvalue weighted by Gasteiger charge is -2.02. The van der Waals surface area contributed by atoms with Crippen molar-refractivity contribution < 1.29 is 9.18 Å². The molecular weight excluding hydrogens is 416 g/mol. The second kappa shape index (κ2) is 8.06. The molecule has 4 rings (SSSR count). The number of carbonyl (C=O) groups is 1. The number of carbonyl (C=O) groups excluding carboxylic acids is 1. The van der Waals surface area contributed by atoms with Crippen molar-refractivity contribution in [1.29, 1.82) is 0 Å². The molecule has 1 amide bonds. The van der Waals surface area contributed by atoms with E-state index in [1.807, 2.05) is 12.1 Å². The van der Waals surface area contributed by atoms with Crippen LogP contribution in [-0.2, 0) is 6.54 Å². The summed E-state index contributed by atoms with van der Waals surface area (Å²) in [5.74, 6) is -0.559. The Labute approximate surface area is 175 Å². The topological polar surface area (TPSA) is 75.6 Å². The number of benzene rings is 2. The molecule has 2 aromatic carbocycles. The van der Waals surface area contributed by atoms with Gasteiger partial charge in [0.05, 0.1) is 12.2 Å². The minimum absolute atomic E-state index is 0.204. The van der Waals surface area contributed by atoms with Crippen molar-refractivity contribution in [1.82, 2.24) is 20.0 Å². The second-order valence-corrected chi connectivity index (χ2v) is 7.12. The highest BCUT2D eigenvalue weighted by atomic mass is 35.5. The zero-order valence-corrected chi connectivity index (χ0v) is 16.4. The molecule has 0 saturated carbocycles. The fourth-order valence-corrected chi connectivity index (χ4v) is 3.09. The van der Waals surface area contributed by atoms with E-state index >= 15 is 0 Å². The first-order valence-electron chi connectivity index (χ1n) is 8.58. The smallest absolute Gasteiger partial charge is 0.274 e. The summed E-state index contributed by atoms with van der Waals surface area (Å²) in [5.41, 5.74) is 2.41. The molecule has 2 aromatic heterocycles. The van der Waals surface area contributed by atoms with Crippen LogP contribution in [0.4, 0.5) is 10.2 Å². The van der Waals surface area contributed by atoms with Crippen molar-refractivity contribution >= 4 is 34.9 Å². The maximum absolute atomic E-state index is 13.3. The van der Waals surface area contributed by atoms with Crippen molar-refractivity contribution in [3.63, 3.8) is 0 Å². The van der Waals surface area contributed by atoms with Gasteiger partial charge in [0.15, 0.2) is 5.82 Å². The quantitative estimate of drug-likeness (QED) is 0.467. The van der Waals surface area contributed by atoms with E-state index in [4.69, 9.17) is 23.2 Å². The number of anilines is 1. The molecule has 2 N–H and O–H groups in total. The number of nitrogens with one attached hydrogen (secondary N) is 2. The van der Waals surface area contributed by atoms with Gasteiger partial charge in [-0.15, -0.1) is 0 Å². The SMILES string of the molecule is O=C(Nc1nn(Cc2cccc(F)c2)cc1Cl)c1cc(-c2ccc(Cl)cc2)n[nH]1. The second-order valence-electron chi connectivity index (χ2n) is 6.28. The van der Waals surface area contributed by atoms with Crippen LogP contribution < -0.4 is 5.32 Å². The fraction of sp³-hybridized carbons (Fsp3) is 0.0500. The predicted molar refractivity (Wildman–Crippen MR) is 110 cm³/mol. The van der Waals surface area contributed by atoms with E-state index in [1.54, 1.807) is 36.5 Å². The Morgan fingerprint density at radius 3 is 2.69 bits per heavy atom. The van der Waals surface area contributed by atoms with E-state index in [1.165, 1.54) is 16.8 Å². The van der Waals surface area contributed by atoms with Gasteiger partial charge in [0, 0.05) is 16.8 Å². The molecule has 0 aliphatic heterocycles. The van der Waals surface area contributed by atoms with Crippen molar-refractivity contribution in [2.75, 3.05) is 5.32 Å². The Kier molecular flexibility index (Phi) is 5.33. The van der Waals surface area contributed by atoms with Gasteiger partial charge in [-0.1, -0.05) is 47.5 Å². The van der Waals surface area contributed by atoms with Crippen LogP contribution in [0.5, 0.6) is 0 Å². The van der Waals surface area contributed by atoms with E-state index in [0.29, 0.717) is 17.3 Å². The normalized spacial score (nSPS) is 10.9. The molecule has 0 aliphatic rings. The van der Waals surface area contributed by atoms with Gasteiger partial charge in [0.25, 0.3) is 5.91 Å². The summed E-state index contributed by atoms with van der Waals surface area (Å²) >= 11 is 12.1. The molecular formula is C20H14Cl2FN5O. The molecule has 0 bridgehead atoms. The Bertz CT molecular complexity index is 1170. The number of amides is 1. The predicted octanol–water partition coefficient (Wildman–Crippen LogP) is 5.02. The van der Waals surface area contributed by atoms with E-state index in [-0.39, 0.29) is 22.4 Å². The molecule has 29 heavy (non-hydrogen) atoms. The Balaban J connectivity index is 1.47. The zero-order chi connectivity index (χ0) is 20.4. The van der Waals surface area contributed by atoms with Crippen LogP contribution in [0, 0.1) is 5.82 Å². The molecule has 0 spiro atoms. The summed E-state index contributed by atoms with van der Waals surface area (Å²) in [6.07, 6.45) is 1.56. The molecule has 0 aliphatic carbocycles. The maximum Gasteiger partial charge on any atom is 0.274 e. The number of halogens is 3. The Morgan fingerprint density at radius 1 is 1.14 bits per heavy atom. The molecule has 0 unspecified atom stereocenters. The number of H-pyrrole nitrogens is 1. The number of hydrogen-bond acceptors (Lipinski definition) is 3. The summed E-state index contributed by atoms with van der Waals surface area (Å²) in [7, 11) is 0. The van der Waals surface area contributed by atoms with Crippen LogP contribution >= 0.6 is 23.2 Å². The van der Waals surface area contributed by atoms with Crippen LogP contribution in [0.2, 0.25) is 10.0 Å². The van der Waals surface area contributed by atoms with Crippen LogP contribution in [-0.4, -0.2) is 25.9 Å². The standard InChI is InChI=1S/C20H14Cl2FN5O/c21-14-6-4-13(5-7-14)17-9-18(26-25-17)20(29)24-19-16(22)11-28(27-19)10-12-2-1-3-15(23)8-12/h1-9,11H,10H2,(H,25,26)(H,24,27,29). The van der Waals surface area contributed by atoms with Gasteiger partial charge in [-0.2, -0.15) is 10.2 Å². The molecule has 0 fully saturated rings. The van der Waals surface area contributed by atoms with Gasteiger partial charge in [-0.05, 0) is 35.9 Å². The summed E-state index contributed by atoms with van der Waals surface area (Å²) in [6.45, 7) is 0.318. The molecule has 6 nitrogen and oxygen atoms in total. The summed E-state index contributed by atoms with van der Waals surface area (Å²) in [5, 5.41) is 14.6. The summed E-state index contributed by atoms with van der Waals surface area (Å²) in [4.78, 5) is 12.5. The molecule has 9 heteroatoms. The van der Waals surface area contributed by atoms with Crippen LogP contribution in [0.3, 0.4) is 0 Å². The summed E-state index contributed by atoms with van der Waals surface area (Å²) < 4.78 is 14.9. The van der Waals surface area contributed by atoms with Gasteiger partial charge < -0.3 is 5.32 Å². The van der Waals surface area contributed by atoms with Crippen molar-refractivity contribution in [3.8, 4) is 11.3 Å². The lowest BCUT2D eigenvalue weighted by atomic mass is 10.1. The largest absolute Gasteiger partial charge is 0.302 e. The van der Waals surface area contributed by atoms with Crippen LogP contribution in [0.25, 0.3) is 11.3 Å². The molecule has 2 heterocycles. The lowest BCUT2D eigenvalue weighted by Crippen LogP contribution is -2.13. The molecule has 0 radical (unpaired) electrons. The first kappa shape index (κ1) is 19.2. The van der Waals surface area contributed by atoms with E-state index in [9.17, 15) is 9.18 Å². The van der Waals surface area contributed by atoms with E-state index in [2.05, 4.69) is 20.6 Å². The van der Waals surface area contributed by atoms with Gasteiger partial charge in [0.2, 0.25) is 0 Å². The van der Waals surface area contributed by atoms with Crippen molar-refractivity contribution in [2.45, 2.75) is 6.54 Å². The Morgan fingerprint density at radius 2 is 1.93 bits per heavy atom. The lowest BCUT2D eigenvalue weighted by molar-refractivity contribution is 0.102. The van der Waals surface area contributed by atoms with Crippen molar-refractivity contribution in [3.05, 3.63) is 87.9 Å². The van der Waals surface area contributed by atoms with Crippen LogP contribution in [0.1, 0.15) is 16.1 Å². The fourth-order valence-electron chi connectivity index (χ4n) is 2.77. The highest BCUT2D eigenvalue weighted by molar-refractivity contribution is 6.33. The maximum atomic E-state index is 13.3. The van der Waals surface area contributed by atoms with Crippen LogP contribution in [0.15, 0.2) is 60.8 Å². The molecule has 0 atom stereocenters.